The van der Waals surface area contributed by atoms with Gasteiger partial charge in [-0.15, -0.1) is 28.0 Å². The van der Waals surface area contributed by atoms with Gasteiger partial charge in [-0.25, -0.2) is 0 Å². The molecular formula is C27H29N5O3S. The molecule has 1 aliphatic heterocycles. The van der Waals surface area contributed by atoms with Crippen LogP contribution in [0.4, 0.5) is 0 Å². The summed E-state index contributed by atoms with van der Waals surface area (Å²) >= 11 is 1.64. The van der Waals surface area contributed by atoms with Crippen LogP contribution < -0.4 is 5.32 Å². The molecule has 8 nitrogen and oxygen atoms in total. The average Bonchev–Trinajstić information content (AvgIpc) is 3.28. The molecular weight excluding hydrogens is 474 g/mol. The lowest BCUT2D eigenvalue weighted by Gasteiger charge is -2.21. The highest BCUT2D eigenvalue weighted by Crippen LogP contribution is 2.39. The second-order valence-electron chi connectivity index (χ2n) is 9.65. The summed E-state index contributed by atoms with van der Waals surface area (Å²) in [5.41, 5.74) is 3.52. The maximum Gasteiger partial charge on any atom is 0.308 e. The summed E-state index contributed by atoms with van der Waals surface area (Å²) in [5.74, 6) is 3.12. The molecule has 3 heterocycles. The topological polar surface area (TPSA) is 98.5 Å². The van der Waals surface area contributed by atoms with E-state index in [1.807, 2.05) is 44.4 Å². The molecule has 1 aliphatic rings. The number of hydrogen-bond acceptors (Lipinski definition) is 7. The van der Waals surface area contributed by atoms with Crippen molar-refractivity contribution < 1.29 is 14.3 Å². The standard InChI is InChI=1S/C27H29N5O3S/c1-8-13-28-25(34)19-11-9-18(10-12-19)23-22-15(2)16(3)36-26(22)32-17(4)30-31-24(32)20(29-23)14-21(33)35-27(5,6)7/h1,9-12,20H,13-14H2,2-7H3,(H,28,34)/t20-/m0/s1. The Morgan fingerprint density at radius 2 is 1.86 bits per heavy atom. The number of ether oxygens (including phenoxy) is 1. The first-order valence-corrected chi connectivity index (χ1v) is 12.5. The van der Waals surface area contributed by atoms with Crippen LogP contribution in [0, 0.1) is 33.1 Å². The minimum Gasteiger partial charge on any atom is -0.460 e. The molecule has 1 N–H and O–H groups in total. The molecule has 3 aromatic rings. The SMILES string of the molecule is C#CCNC(=O)c1ccc(C2=N[C@@H](CC(=O)OC(C)(C)C)c3nnc(C)n3-c3sc(C)c(C)c32)cc1. The van der Waals surface area contributed by atoms with Gasteiger partial charge in [-0.1, -0.05) is 18.1 Å². The van der Waals surface area contributed by atoms with E-state index in [-0.39, 0.29) is 24.8 Å². The zero-order valence-electron chi connectivity index (χ0n) is 21.3. The van der Waals surface area contributed by atoms with Crippen molar-refractivity contribution in [1.29, 1.82) is 0 Å². The van der Waals surface area contributed by atoms with Gasteiger partial charge in [0, 0.05) is 21.6 Å². The molecule has 1 atom stereocenters. The van der Waals surface area contributed by atoms with Crippen molar-refractivity contribution in [3.05, 3.63) is 63.0 Å². The highest BCUT2D eigenvalue weighted by atomic mass is 32.1. The van der Waals surface area contributed by atoms with Crippen molar-refractivity contribution in [2.75, 3.05) is 6.54 Å². The molecule has 2 aromatic heterocycles. The number of carbonyl (C=O) groups excluding carboxylic acids is 2. The number of aryl methyl sites for hydroxylation is 2. The summed E-state index contributed by atoms with van der Waals surface area (Å²) in [6.45, 7) is 11.7. The number of nitrogens with one attached hydrogen (secondary N) is 1. The maximum absolute atomic E-state index is 12.8. The number of carbonyl (C=O) groups is 2. The third-order valence-corrected chi connectivity index (χ3v) is 6.98. The normalized spacial score (nSPS) is 14.7. The van der Waals surface area contributed by atoms with Crippen molar-refractivity contribution in [3.63, 3.8) is 0 Å². The number of aromatic nitrogens is 3. The largest absolute Gasteiger partial charge is 0.460 e. The van der Waals surface area contributed by atoms with Crippen LogP contribution in [0.3, 0.4) is 0 Å². The third-order valence-electron chi connectivity index (χ3n) is 5.79. The number of esters is 1. The van der Waals surface area contributed by atoms with Crippen molar-refractivity contribution in [1.82, 2.24) is 20.1 Å². The predicted molar refractivity (Wildman–Crippen MR) is 140 cm³/mol. The Kier molecular flexibility index (Phi) is 6.83. The Balaban J connectivity index is 1.83. The number of rotatable bonds is 5. The number of nitrogens with zero attached hydrogens (tertiary/aromatic N) is 4. The van der Waals surface area contributed by atoms with Crippen LogP contribution >= 0.6 is 11.3 Å². The van der Waals surface area contributed by atoms with Gasteiger partial charge in [0.05, 0.1) is 18.7 Å². The first-order valence-electron chi connectivity index (χ1n) is 11.6. The highest BCUT2D eigenvalue weighted by Gasteiger charge is 2.33. The van der Waals surface area contributed by atoms with Gasteiger partial charge in [-0.05, 0) is 59.2 Å². The average molecular weight is 504 g/mol. The van der Waals surface area contributed by atoms with Crippen LogP contribution in [0.5, 0.6) is 0 Å². The lowest BCUT2D eigenvalue weighted by molar-refractivity contribution is -0.155. The Labute approximate surface area is 214 Å². The summed E-state index contributed by atoms with van der Waals surface area (Å²) in [5, 5.41) is 12.4. The molecule has 36 heavy (non-hydrogen) atoms. The predicted octanol–water partition coefficient (Wildman–Crippen LogP) is 4.24. The van der Waals surface area contributed by atoms with E-state index in [4.69, 9.17) is 16.2 Å². The number of thiophene rings is 1. The van der Waals surface area contributed by atoms with Crippen LogP contribution in [0.15, 0.2) is 29.3 Å². The van der Waals surface area contributed by atoms with Crippen molar-refractivity contribution in [2.45, 2.75) is 59.6 Å². The highest BCUT2D eigenvalue weighted by molar-refractivity contribution is 7.15. The molecule has 0 radical (unpaired) electrons. The minimum atomic E-state index is -0.611. The maximum atomic E-state index is 12.8. The molecule has 0 spiro atoms. The van der Waals surface area contributed by atoms with E-state index in [0.29, 0.717) is 11.4 Å². The molecule has 0 unspecified atom stereocenters. The van der Waals surface area contributed by atoms with E-state index in [1.165, 1.54) is 0 Å². The number of benzene rings is 1. The molecule has 186 valence electrons. The Bertz CT molecular complexity index is 1400. The number of fused-ring (bicyclic) bond motifs is 3. The third kappa shape index (κ3) is 4.95. The number of hydrogen-bond donors (Lipinski definition) is 1. The monoisotopic (exact) mass is 503 g/mol. The Morgan fingerprint density at radius 1 is 1.17 bits per heavy atom. The van der Waals surface area contributed by atoms with E-state index >= 15 is 0 Å². The number of terminal acetylenes is 1. The number of aliphatic imine (C=N–C) groups is 1. The minimum absolute atomic E-state index is 0.0262. The van der Waals surface area contributed by atoms with Crippen LogP contribution in [-0.4, -0.2) is 44.5 Å². The lowest BCUT2D eigenvalue weighted by Crippen LogP contribution is -2.25. The summed E-state index contributed by atoms with van der Waals surface area (Å²) < 4.78 is 7.59. The van der Waals surface area contributed by atoms with Gasteiger partial charge in [0.25, 0.3) is 5.91 Å². The van der Waals surface area contributed by atoms with E-state index in [1.54, 1.807) is 23.5 Å². The van der Waals surface area contributed by atoms with Crippen molar-refractivity contribution in [3.8, 4) is 17.3 Å². The molecule has 0 aliphatic carbocycles. The van der Waals surface area contributed by atoms with Crippen LogP contribution in [-0.2, 0) is 9.53 Å². The zero-order valence-corrected chi connectivity index (χ0v) is 22.1. The molecule has 0 saturated heterocycles. The van der Waals surface area contributed by atoms with Gasteiger partial charge in [-0.3, -0.25) is 19.1 Å². The van der Waals surface area contributed by atoms with Crippen LogP contribution in [0.25, 0.3) is 5.00 Å². The first kappa shape index (κ1) is 25.3. The molecule has 0 fully saturated rings. The molecule has 4 rings (SSSR count). The second kappa shape index (κ2) is 9.70. The van der Waals surface area contributed by atoms with E-state index < -0.39 is 11.6 Å². The van der Waals surface area contributed by atoms with Gasteiger partial charge >= 0.3 is 5.97 Å². The molecule has 0 saturated carbocycles. The van der Waals surface area contributed by atoms with Crippen molar-refractivity contribution >= 4 is 28.9 Å². The summed E-state index contributed by atoms with van der Waals surface area (Å²) in [6, 6.07) is 6.63. The van der Waals surface area contributed by atoms with Crippen LogP contribution in [0.2, 0.25) is 0 Å². The fraction of sp³-hybridized carbons (Fsp3) is 0.370. The molecule has 0 bridgehead atoms. The van der Waals surface area contributed by atoms with Gasteiger partial charge in [0.15, 0.2) is 5.82 Å². The zero-order chi connectivity index (χ0) is 26.2. The summed E-state index contributed by atoms with van der Waals surface area (Å²) in [6.07, 6.45) is 5.27. The van der Waals surface area contributed by atoms with E-state index in [2.05, 4.69) is 35.3 Å². The van der Waals surface area contributed by atoms with Gasteiger partial charge < -0.3 is 10.1 Å². The quantitative estimate of drug-likeness (QED) is 0.415. The lowest BCUT2D eigenvalue weighted by atomic mass is 9.98. The number of amides is 1. The fourth-order valence-electron chi connectivity index (χ4n) is 4.08. The molecule has 1 amide bonds. The van der Waals surface area contributed by atoms with E-state index in [0.717, 1.165) is 38.1 Å². The van der Waals surface area contributed by atoms with Gasteiger partial charge in [-0.2, -0.15) is 0 Å². The Hall–Kier alpha value is -3.77. The smallest absolute Gasteiger partial charge is 0.308 e. The van der Waals surface area contributed by atoms with Gasteiger partial charge in [0.2, 0.25) is 0 Å². The Morgan fingerprint density at radius 3 is 2.50 bits per heavy atom. The molecule has 1 aromatic carbocycles. The van der Waals surface area contributed by atoms with Crippen LogP contribution in [0.1, 0.15) is 76.8 Å². The summed E-state index contributed by atoms with van der Waals surface area (Å²) in [7, 11) is 0. The fourth-order valence-corrected chi connectivity index (χ4v) is 5.29. The van der Waals surface area contributed by atoms with Gasteiger partial charge in [0.1, 0.15) is 22.5 Å². The second-order valence-corrected chi connectivity index (χ2v) is 10.9. The van der Waals surface area contributed by atoms with Crippen molar-refractivity contribution in [2.24, 2.45) is 4.99 Å². The summed E-state index contributed by atoms with van der Waals surface area (Å²) in [4.78, 5) is 31.4. The van der Waals surface area contributed by atoms with E-state index in [9.17, 15) is 9.59 Å². The molecule has 9 heteroatoms. The first-order chi connectivity index (χ1) is 17.0.